The number of benzene rings is 1. The summed E-state index contributed by atoms with van der Waals surface area (Å²) in [7, 11) is -3.80. The first-order valence-corrected chi connectivity index (χ1v) is 7.32. The molecule has 1 aromatic carbocycles. The van der Waals surface area contributed by atoms with Crippen LogP contribution in [0.2, 0.25) is 5.02 Å². The Labute approximate surface area is 118 Å². The van der Waals surface area contributed by atoms with Gasteiger partial charge in [0.15, 0.2) is 9.84 Å². The van der Waals surface area contributed by atoms with Crippen molar-refractivity contribution in [2.45, 2.75) is 10.6 Å². The van der Waals surface area contributed by atoms with E-state index in [2.05, 4.69) is 0 Å². The van der Waals surface area contributed by atoms with Crippen molar-refractivity contribution in [2.75, 3.05) is 0 Å². The van der Waals surface area contributed by atoms with E-state index >= 15 is 0 Å². The van der Waals surface area contributed by atoms with Gasteiger partial charge in [0.05, 0.1) is 9.92 Å². The molecule has 0 radical (unpaired) electrons. The Bertz CT molecular complexity index is 766. The van der Waals surface area contributed by atoms with Crippen molar-refractivity contribution < 1.29 is 27.1 Å². The van der Waals surface area contributed by atoms with E-state index in [4.69, 9.17) is 21.1 Å². The fraction of sp³-hybridized carbons (Fsp3) is 0.0833. The quantitative estimate of drug-likeness (QED) is 0.876. The van der Waals surface area contributed by atoms with E-state index < -0.39 is 27.4 Å². The minimum absolute atomic E-state index is 0.0251. The van der Waals surface area contributed by atoms with Crippen LogP contribution in [-0.2, 0) is 15.6 Å². The van der Waals surface area contributed by atoms with Gasteiger partial charge < -0.3 is 9.52 Å². The summed E-state index contributed by atoms with van der Waals surface area (Å²) in [6.07, 6.45) is 0. The van der Waals surface area contributed by atoms with Crippen molar-refractivity contribution in [3.8, 4) is 0 Å². The fourth-order valence-electron chi connectivity index (χ4n) is 1.51. The molecule has 5 nitrogen and oxygen atoms in total. The maximum absolute atomic E-state index is 13.0. The Morgan fingerprint density at radius 3 is 2.55 bits per heavy atom. The maximum Gasteiger partial charge on any atom is 0.371 e. The highest BCUT2D eigenvalue weighted by Gasteiger charge is 2.20. The highest BCUT2D eigenvalue weighted by Crippen LogP contribution is 2.23. The summed E-state index contributed by atoms with van der Waals surface area (Å²) in [5.74, 6) is -2.94. The van der Waals surface area contributed by atoms with Crippen LogP contribution in [0, 0.1) is 5.82 Å². The number of sulfone groups is 1. The molecule has 1 aromatic heterocycles. The first-order chi connectivity index (χ1) is 9.29. The first-order valence-electron chi connectivity index (χ1n) is 5.29. The van der Waals surface area contributed by atoms with Gasteiger partial charge in [-0.25, -0.2) is 17.6 Å². The zero-order chi connectivity index (χ0) is 14.9. The van der Waals surface area contributed by atoms with Gasteiger partial charge in [0.1, 0.15) is 17.3 Å². The third kappa shape index (κ3) is 3.00. The lowest BCUT2D eigenvalue weighted by Crippen LogP contribution is -2.04. The van der Waals surface area contributed by atoms with Crippen molar-refractivity contribution in [1.82, 2.24) is 0 Å². The van der Waals surface area contributed by atoms with E-state index in [-0.39, 0.29) is 21.4 Å². The van der Waals surface area contributed by atoms with Crippen LogP contribution in [-0.4, -0.2) is 19.5 Å². The number of carboxylic acid groups (broad SMARTS) is 1. The molecule has 0 spiro atoms. The molecule has 1 N–H and O–H groups in total. The average molecular weight is 319 g/mol. The van der Waals surface area contributed by atoms with Crippen LogP contribution in [0.3, 0.4) is 0 Å². The molecule has 2 rings (SSSR count). The van der Waals surface area contributed by atoms with Gasteiger partial charge in [-0.3, -0.25) is 0 Å². The Morgan fingerprint density at radius 1 is 1.30 bits per heavy atom. The minimum Gasteiger partial charge on any atom is -0.475 e. The molecule has 0 saturated carbocycles. The molecular formula is C12H8ClFO5S. The second-order valence-electron chi connectivity index (χ2n) is 3.91. The predicted octanol–water partition coefficient (Wildman–Crippen LogP) is 2.74. The Kier molecular flexibility index (Phi) is 3.82. The topological polar surface area (TPSA) is 84.6 Å². The maximum atomic E-state index is 13.0. The Morgan fingerprint density at radius 2 is 2.00 bits per heavy atom. The van der Waals surface area contributed by atoms with Gasteiger partial charge in [0.25, 0.3) is 0 Å². The summed E-state index contributed by atoms with van der Waals surface area (Å²) in [6, 6.07) is 5.43. The predicted molar refractivity (Wildman–Crippen MR) is 68.0 cm³/mol. The zero-order valence-electron chi connectivity index (χ0n) is 9.84. The van der Waals surface area contributed by atoms with Gasteiger partial charge >= 0.3 is 5.97 Å². The van der Waals surface area contributed by atoms with Crippen molar-refractivity contribution in [1.29, 1.82) is 0 Å². The van der Waals surface area contributed by atoms with Crippen LogP contribution in [0.15, 0.2) is 39.6 Å². The Hall–Kier alpha value is -1.86. The molecule has 106 valence electrons. The highest BCUT2D eigenvalue weighted by molar-refractivity contribution is 7.90. The summed E-state index contributed by atoms with van der Waals surface area (Å²) in [6.45, 7) is 0. The van der Waals surface area contributed by atoms with E-state index in [1.165, 1.54) is 6.07 Å². The monoisotopic (exact) mass is 318 g/mol. The Balaban J connectivity index is 2.30. The van der Waals surface area contributed by atoms with Crippen LogP contribution >= 0.6 is 11.6 Å². The molecule has 0 bridgehead atoms. The van der Waals surface area contributed by atoms with E-state index in [9.17, 15) is 17.6 Å². The molecule has 0 fully saturated rings. The second-order valence-corrected chi connectivity index (χ2v) is 6.30. The minimum atomic E-state index is -3.80. The SMILES string of the molecule is O=C(O)c1ccc(CS(=O)(=O)c2ccc(F)c(Cl)c2)o1. The first kappa shape index (κ1) is 14.5. The van der Waals surface area contributed by atoms with Crippen molar-refractivity contribution in [3.05, 3.63) is 52.7 Å². The lowest BCUT2D eigenvalue weighted by atomic mass is 10.3. The normalized spacial score (nSPS) is 11.5. The summed E-state index contributed by atoms with van der Waals surface area (Å²) in [4.78, 5) is 10.5. The molecule has 0 unspecified atom stereocenters. The molecular weight excluding hydrogens is 311 g/mol. The van der Waals surface area contributed by atoms with Crippen molar-refractivity contribution >= 4 is 27.4 Å². The molecule has 0 aliphatic rings. The molecule has 2 aromatic rings. The van der Waals surface area contributed by atoms with Gasteiger partial charge in [-0.15, -0.1) is 0 Å². The lowest BCUT2D eigenvalue weighted by molar-refractivity contribution is 0.0660. The van der Waals surface area contributed by atoms with Gasteiger partial charge in [-0.1, -0.05) is 11.6 Å². The van der Waals surface area contributed by atoms with Crippen LogP contribution in [0.4, 0.5) is 4.39 Å². The van der Waals surface area contributed by atoms with Crippen LogP contribution < -0.4 is 0 Å². The number of carboxylic acids is 1. The lowest BCUT2D eigenvalue weighted by Gasteiger charge is -2.03. The van der Waals surface area contributed by atoms with Crippen molar-refractivity contribution in [2.24, 2.45) is 0 Å². The third-order valence-electron chi connectivity index (χ3n) is 2.45. The summed E-state index contributed by atoms with van der Waals surface area (Å²) in [5.41, 5.74) is 0. The van der Waals surface area contributed by atoms with Crippen LogP contribution in [0.25, 0.3) is 0 Å². The summed E-state index contributed by atoms with van der Waals surface area (Å²) < 4.78 is 42.0. The standard InChI is InChI=1S/C12H8ClFO5S/c13-9-5-8(2-3-10(9)14)20(17,18)6-7-1-4-11(19-7)12(15)16/h1-5H,6H2,(H,15,16). The summed E-state index contributed by atoms with van der Waals surface area (Å²) in [5, 5.41) is 8.37. The number of furan rings is 1. The van der Waals surface area contributed by atoms with Crippen LogP contribution in [0.5, 0.6) is 0 Å². The molecule has 0 saturated heterocycles. The number of aromatic carboxylic acids is 1. The smallest absolute Gasteiger partial charge is 0.371 e. The largest absolute Gasteiger partial charge is 0.475 e. The molecule has 8 heteroatoms. The van der Waals surface area contributed by atoms with Gasteiger partial charge in [-0.05, 0) is 30.3 Å². The number of hydrogen-bond donors (Lipinski definition) is 1. The average Bonchev–Trinajstić information content (AvgIpc) is 2.80. The molecule has 0 atom stereocenters. The molecule has 0 aliphatic carbocycles. The summed E-state index contributed by atoms with van der Waals surface area (Å²) >= 11 is 5.53. The van der Waals surface area contributed by atoms with E-state index in [0.29, 0.717) is 0 Å². The molecule has 1 heterocycles. The zero-order valence-corrected chi connectivity index (χ0v) is 11.4. The number of rotatable bonds is 4. The molecule has 0 aliphatic heterocycles. The van der Waals surface area contributed by atoms with Gasteiger partial charge in [0.2, 0.25) is 5.76 Å². The van der Waals surface area contributed by atoms with E-state index in [0.717, 1.165) is 24.3 Å². The van der Waals surface area contributed by atoms with E-state index in [1.54, 1.807) is 0 Å². The third-order valence-corrected chi connectivity index (χ3v) is 4.38. The molecule has 20 heavy (non-hydrogen) atoms. The number of hydrogen-bond acceptors (Lipinski definition) is 4. The second kappa shape index (κ2) is 5.26. The van der Waals surface area contributed by atoms with Crippen LogP contribution in [0.1, 0.15) is 16.3 Å². The number of halogens is 2. The highest BCUT2D eigenvalue weighted by atomic mass is 35.5. The van der Waals surface area contributed by atoms with E-state index in [1.807, 2.05) is 0 Å². The fourth-order valence-corrected chi connectivity index (χ4v) is 3.03. The van der Waals surface area contributed by atoms with Gasteiger partial charge in [0, 0.05) is 0 Å². The molecule has 0 amide bonds. The van der Waals surface area contributed by atoms with Gasteiger partial charge in [-0.2, -0.15) is 0 Å². The number of carbonyl (C=O) groups is 1. The van der Waals surface area contributed by atoms with Crippen molar-refractivity contribution in [3.63, 3.8) is 0 Å².